The molecule has 0 spiro atoms. The number of benzene rings is 1. The van der Waals surface area contributed by atoms with E-state index in [1.165, 1.54) is 11.1 Å². The topological polar surface area (TPSA) is 48.9 Å². The van der Waals surface area contributed by atoms with Crippen molar-refractivity contribution in [3.63, 3.8) is 0 Å². The molecular formula is C21H39IN4O. The summed E-state index contributed by atoms with van der Waals surface area (Å²) in [7, 11) is 0. The van der Waals surface area contributed by atoms with Gasteiger partial charge in [-0.1, -0.05) is 38.1 Å². The van der Waals surface area contributed by atoms with Gasteiger partial charge in [0.1, 0.15) is 0 Å². The molecule has 0 bridgehead atoms. The SMILES string of the molecule is CCNC(=NCc1ccccc1CN(CC)CC)NCCCCOCC.I. The Morgan fingerprint density at radius 1 is 1.00 bits per heavy atom. The Morgan fingerprint density at radius 2 is 1.70 bits per heavy atom. The lowest BCUT2D eigenvalue weighted by Gasteiger charge is -2.20. The molecule has 2 N–H and O–H groups in total. The second-order valence-electron chi connectivity index (χ2n) is 6.26. The Morgan fingerprint density at radius 3 is 2.33 bits per heavy atom. The van der Waals surface area contributed by atoms with E-state index in [2.05, 4.69) is 60.6 Å². The first-order chi connectivity index (χ1) is 12.7. The van der Waals surface area contributed by atoms with E-state index in [-0.39, 0.29) is 24.0 Å². The fourth-order valence-corrected chi connectivity index (χ4v) is 2.74. The van der Waals surface area contributed by atoms with Crippen LogP contribution in [0.15, 0.2) is 29.3 Å². The molecule has 0 unspecified atom stereocenters. The molecular weight excluding hydrogens is 451 g/mol. The summed E-state index contributed by atoms with van der Waals surface area (Å²) in [5.74, 6) is 0.890. The lowest BCUT2D eigenvalue weighted by Crippen LogP contribution is -2.37. The Kier molecular flexibility index (Phi) is 16.7. The molecule has 156 valence electrons. The van der Waals surface area contributed by atoms with Crippen molar-refractivity contribution in [1.29, 1.82) is 0 Å². The van der Waals surface area contributed by atoms with Crippen molar-refractivity contribution in [2.24, 2.45) is 4.99 Å². The van der Waals surface area contributed by atoms with Gasteiger partial charge in [0.2, 0.25) is 0 Å². The van der Waals surface area contributed by atoms with Crippen molar-refractivity contribution in [1.82, 2.24) is 15.5 Å². The van der Waals surface area contributed by atoms with Crippen molar-refractivity contribution in [3.8, 4) is 0 Å². The second kappa shape index (κ2) is 17.3. The van der Waals surface area contributed by atoms with Gasteiger partial charge < -0.3 is 15.4 Å². The van der Waals surface area contributed by atoms with Crippen molar-refractivity contribution >= 4 is 29.9 Å². The molecule has 6 heteroatoms. The van der Waals surface area contributed by atoms with Crippen LogP contribution < -0.4 is 10.6 Å². The summed E-state index contributed by atoms with van der Waals surface area (Å²) in [6, 6.07) is 8.63. The smallest absolute Gasteiger partial charge is 0.191 e. The molecule has 0 amide bonds. The zero-order valence-electron chi connectivity index (χ0n) is 17.6. The zero-order chi connectivity index (χ0) is 19.0. The van der Waals surface area contributed by atoms with Gasteiger partial charge in [0, 0.05) is 32.8 Å². The van der Waals surface area contributed by atoms with E-state index in [1.807, 2.05) is 6.92 Å². The summed E-state index contributed by atoms with van der Waals surface area (Å²) in [6.45, 7) is 15.8. The first-order valence-electron chi connectivity index (χ1n) is 10.1. The van der Waals surface area contributed by atoms with Crippen LogP contribution in [0, 0.1) is 0 Å². The number of aliphatic imine (C=N–C) groups is 1. The van der Waals surface area contributed by atoms with Gasteiger partial charge in [0.25, 0.3) is 0 Å². The molecule has 0 aliphatic carbocycles. The van der Waals surface area contributed by atoms with Crippen molar-refractivity contribution in [2.45, 2.75) is 53.6 Å². The normalized spacial score (nSPS) is 11.4. The minimum atomic E-state index is 0. The number of nitrogens with zero attached hydrogens (tertiary/aromatic N) is 2. The number of nitrogens with one attached hydrogen (secondary N) is 2. The molecule has 0 saturated carbocycles. The highest BCUT2D eigenvalue weighted by Crippen LogP contribution is 2.13. The second-order valence-corrected chi connectivity index (χ2v) is 6.26. The molecule has 0 atom stereocenters. The molecule has 0 fully saturated rings. The van der Waals surface area contributed by atoms with E-state index in [9.17, 15) is 0 Å². The quantitative estimate of drug-likeness (QED) is 0.190. The van der Waals surface area contributed by atoms with Crippen LogP contribution in [0.5, 0.6) is 0 Å². The first-order valence-corrected chi connectivity index (χ1v) is 10.1. The third-order valence-corrected chi connectivity index (χ3v) is 4.37. The highest BCUT2D eigenvalue weighted by Gasteiger charge is 2.06. The number of rotatable bonds is 13. The lowest BCUT2D eigenvalue weighted by atomic mass is 10.1. The fourth-order valence-electron chi connectivity index (χ4n) is 2.74. The molecule has 0 aliphatic heterocycles. The van der Waals surface area contributed by atoms with Crippen LogP contribution in [0.4, 0.5) is 0 Å². The monoisotopic (exact) mass is 490 g/mol. The van der Waals surface area contributed by atoms with Gasteiger partial charge in [-0.2, -0.15) is 0 Å². The average molecular weight is 490 g/mol. The van der Waals surface area contributed by atoms with Gasteiger partial charge >= 0.3 is 0 Å². The fraction of sp³-hybridized carbons (Fsp3) is 0.667. The Hall–Kier alpha value is -0.860. The Balaban J connectivity index is 0.00000676. The van der Waals surface area contributed by atoms with Crippen molar-refractivity contribution in [3.05, 3.63) is 35.4 Å². The molecule has 1 aromatic rings. The molecule has 0 radical (unpaired) electrons. The van der Waals surface area contributed by atoms with Crippen LogP contribution in [0.3, 0.4) is 0 Å². The molecule has 0 heterocycles. The molecule has 27 heavy (non-hydrogen) atoms. The van der Waals surface area contributed by atoms with Crippen molar-refractivity contribution < 1.29 is 4.74 Å². The van der Waals surface area contributed by atoms with Crippen LogP contribution in [-0.4, -0.2) is 50.3 Å². The van der Waals surface area contributed by atoms with Gasteiger partial charge in [-0.15, -0.1) is 24.0 Å². The molecule has 1 aromatic carbocycles. The number of unbranched alkanes of at least 4 members (excludes halogenated alkanes) is 1. The van der Waals surface area contributed by atoms with Crippen LogP contribution in [-0.2, 0) is 17.8 Å². The molecule has 0 aromatic heterocycles. The molecule has 0 aliphatic rings. The summed E-state index contributed by atoms with van der Waals surface area (Å²) in [4.78, 5) is 7.22. The molecule has 1 rings (SSSR count). The summed E-state index contributed by atoms with van der Waals surface area (Å²) in [6.07, 6.45) is 2.16. The summed E-state index contributed by atoms with van der Waals surface area (Å²) in [5.41, 5.74) is 2.67. The first kappa shape index (κ1) is 26.1. The molecule has 0 saturated heterocycles. The minimum Gasteiger partial charge on any atom is -0.382 e. The third kappa shape index (κ3) is 11.5. The van der Waals surface area contributed by atoms with E-state index >= 15 is 0 Å². The van der Waals surface area contributed by atoms with Gasteiger partial charge in [-0.25, -0.2) is 4.99 Å². The van der Waals surface area contributed by atoms with Gasteiger partial charge in [-0.3, -0.25) is 4.90 Å². The third-order valence-electron chi connectivity index (χ3n) is 4.37. The number of halogens is 1. The Bertz CT molecular complexity index is 507. The van der Waals surface area contributed by atoms with E-state index in [0.717, 1.165) is 64.7 Å². The minimum absolute atomic E-state index is 0. The van der Waals surface area contributed by atoms with Gasteiger partial charge in [-0.05, 0) is 50.9 Å². The highest BCUT2D eigenvalue weighted by atomic mass is 127. The standard InChI is InChI=1S/C21H38N4O.HI/c1-5-22-21(23-15-11-12-16-26-8-4)24-17-19-13-9-10-14-20(19)18-25(6-2)7-3;/h9-10,13-14H,5-8,11-12,15-18H2,1-4H3,(H2,22,23,24);1H. The van der Waals surface area contributed by atoms with E-state index < -0.39 is 0 Å². The van der Waals surface area contributed by atoms with Crippen LogP contribution in [0.1, 0.15) is 51.7 Å². The van der Waals surface area contributed by atoms with Crippen molar-refractivity contribution in [2.75, 3.05) is 39.4 Å². The average Bonchev–Trinajstić information content (AvgIpc) is 2.67. The van der Waals surface area contributed by atoms with E-state index in [1.54, 1.807) is 0 Å². The number of hydrogen-bond acceptors (Lipinski definition) is 3. The van der Waals surface area contributed by atoms with Crippen LogP contribution in [0.2, 0.25) is 0 Å². The maximum atomic E-state index is 5.38. The highest BCUT2D eigenvalue weighted by molar-refractivity contribution is 14.0. The van der Waals surface area contributed by atoms with E-state index in [4.69, 9.17) is 9.73 Å². The summed E-state index contributed by atoms with van der Waals surface area (Å²) in [5, 5.41) is 6.76. The van der Waals surface area contributed by atoms with Gasteiger partial charge in [0.15, 0.2) is 5.96 Å². The number of ether oxygens (including phenoxy) is 1. The maximum Gasteiger partial charge on any atom is 0.191 e. The van der Waals surface area contributed by atoms with Crippen LogP contribution >= 0.6 is 24.0 Å². The van der Waals surface area contributed by atoms with E-state index in [0.29, 0.717) is 6.54 Å². The largest absolute Gasteiger partial charge is 0.382 e. The summed E-state index contributed by atoms with van der Waals surface area (Å²) < 4.78 is 5.38. The summed E-state index contributed by atoms with van der Waals surface area (Å²) >= 11 is 0. The predicted molar refractivity (Wildman–Crippen MR) is 127 cm³/mol. The van der Waals surface area contributed by atoms with Gasteiger partial charge in [0.05, 0.1) is 6.54 Å². The number of hydrogen-bond donors (Lipinski definition) is 2. The lowest BCUT2D eigenvalue weighted by molar-refractivity contribution is 0.143. The van der Waals surface area contributed by atoms with Crippen LogP contribution in [0.25, 0.3) is 0 Å². The number of guanidine groups is 1. The molecule has 5 nitrogen and oxygen atoms in total. The Labute approximate surface area is 183 Å². The maximum absolute atomic E-state index is 5.38. The predicted octanol–water partition coefficient (Wildman–Crippen LogP) is 4.02. The zero-order valence-corrected chi connectivity index (χ0v) is 19.9.